The predicted octanol–water partition coefficient (Wildman–Crippen LogP) is -1.30. The summed E-state index contributed by atoms with van der Waals surface area (Å²) in [7, 11) is 0. The molecule has 1 aromatic rings. The number of hydrogen-bond donors (Lipinski definition) is 2. The summed E-state index contributed by atoms with van der Waals surface area (Å²) in [6.07, 6.45) is 3.19. The van der Waals surface area contributed by atoms with Crippen LogP contribution in [0.3, 0.4) is 0 Å². The van der Waals surface area contributed by atoms with Crippen LogP contribution in [0.4, 0.5) is 5.95 Å². The molecule has 8 nitrogen and oxygen atoms in total. The first-order chi connectivity index (χ1) is 11.3. The first-order valence-corrected chi connectivity index (χ1v) is 8.17. The number of piperazine rings is 1. The van der Waals surface area contributed by atoms with Gasteiger partial charge in [0.15, 0.2) is 0 Å². The zero-order valence-corrected chi connectivity index (χ0v) is 13.3. The van der Waals surface area contributed by atoms with Crippen LogP contribution in [0.5, 0.6) is 0 Å². The van der Waals surface area contributed by atoms with E-state index in [-0.39, 0.29) is 12.0 Å². The van der Waals surface area contributed by atoms with Gasteiger partial charge in [0.2, 0.25) is 5.95 Å². The maximum atomic E-state index is 12.0. The molecule has 2 aliphatic rings. The number of nitrogens with one attached hydrogen (secondary N) is 2. The van der Waals surface area contributed by atoms with E-state index in [2.05, 4.69) is 30.4 Å². The van der Waals surface area contributed by atoms with Gasteiger partial charge in [-0.15, -0.1) is 0 Å². The fourth-order valence-electron chi connectivity index (χ4n) is 2.81. The maximum absolute atomic E-state index is 12.0. The van der Waals surface area contributed by atoms with E-state index in [1.54, 1.807) is 12.4 Å². The van der Waals surface area contributed by atoms with E-state index in [4.69, 9.17) is 4.74 Å². The van der Waals surface area contributed by atoms with Gasteiger partial charge < -0.3 is 20.3 Å². The molecule has 0 bridgehead atoms. The van der Waals surface area contributed by atoms with Gasteiger partial charge in [0.25, 0.3) is 5.91 Å². The van der Waals surface area contributed by atoms with Crippen LogP contribution in [0.15, 0.2) is 18.5 Å². The average molecular weight is 320 g/mol. The number of anilines is 1. The van der Waals surface area contributed by atoms with Crippen LogP contribution in [-0.2, 0) is 9.53 Å². The number of nitrogens with zero attached hydrogens (tertiary/aromatic N) is 4. The first-order valence-electron chi connectivity index (χ1n) is 8.17. The third kappa shape index (κ3) is 4.60. The molecule has 8 heteroatoms. The van der Waals surface area contributed by atoms with Crippen molar-refractivity contribution in [2.75, 3.05) is 63.9 Å². The van der Waals surface area contributed by atoms with Crippen LogP contribution < -0.4 is 15.5 Å². The Morgan fingerprint density at radius 1 is 1.30 bits per heavy atom. The lowest BCUT2D eigenvalue weighted by atomic mass is 10.3. The minimum Gasteiger partial charge on any atom is -0.366 e. The van der Waals surface area contributed by atoms with Crippen molar-refractivity contribution < 1.29 is 9.53 Å². The predicted molar refractivity (Wildman–Crippen MR) is 86.3 cm³/mol. The number of morpholine rings is 1. The van der Waals surface area contributed by atoms with Crippen LogP contribution in [-0.4, -0.2) is 85.8 Å². The fourth-order valence-corrected chi connectivity index (χ4v) is 2.81. The standard InChI is InChI=1S/C15H24N6O2/c22-14(13-12-16-5-11-23-13)17-4-6-20-7-9-21(10-8-20)15-18-2-1-3-19-15/h1-3,13,16H,4-12H2,(H,17,22). The summed E-state index contributed by atoms with van der Waals surface area (Å²) in [5.74, 6) is 0.774. The summed E-state index contributed by atoms with van der Waals surface area (Å²) in [5.41, 5.74) is 0. The lowest BCUT2D eigenvalue weighted by Gasteiger charge is -2.34. The molecule has 1 atom stereocenters. The van der Waals surface area contributed by atoms with Gasteiger partial charge in [-0.2, -0.15) is 0 Å². The average Bonchev–Trinajstić information content (AvgIpc) is 2.64. The Bertz CT molecular complexity index is 486. The second-order valence-corrected chi connectivity index (χ2v) is 5.73. The van der Waals surface area contributed by atoms with Gasteiger partial charge in [0.05, 0.1) is 6.61 Å². The van der Waals surface area contributed by atoms with Gasteiger partial charge >= 0.3 is 0 Å². The summed E-state index contributed by atoms with van der Waals surface area (Å²) in [6, 6.07) is 1.83. The Morgan fingerprint density at radius 3 is 2.78 bits per heavy atom. The van der Waals surface area contributed by atoms with Crippen LogP contribution in [0.1, 0.15) is 0 Å². The SMILES string of the molecule is O=C(NCCN1CCN(c2ncccn2)CC1)C1CNCCO1. The van der Waals surface area contributed by atoms with Gasteiger partial charge in [-0.3, -0.25) is 9.69 Å². The molecule has 2 fully saturated rings. The molecular formula is C15H24N6O2. The zero-order chi connectivity index (χ0) is 15.9. The molecule has 2 saturated heterocycles. The van der Waals surface area contributed by atoms with Crippen LogP contribution in [0.25, 0.3) is 0 Å². The monoisotopic (exact) mass is 320 g/mol. The lowest BCUT2D eigenvalue weighted by molar-refractivity contribution is -0.134. The Balaban J connectivity index is 1.34. The number of amides is 1. The Labute approximate surface area is 136 Å². The second kappa shape index (κ2) is 8.19. The smallest absolute Gasteiger partial charge is 0.250 e. The van der Waals surface area contributed by atoms with Crippen LogP contribution in [0, 0.1) is 0 Å². The van der Waals surface area contributed by atoms with Crippen molar-refractivity contribution >= 4 is 11.9 Å². The van der Waals surface area contributed by atoms with Crippen molar-refractivity contribution in [3.8, 4) is 0 Å². The van der Waals surface area contributed by atoms with Gasteiger partial charge in [-0.1, -0.05) is 0 Å². The van der Waals surface area contributed by atoms with Crippen molar-refractivity contribution in [2.45, 2.75) is 6.10 Å². The number of hydrogen-bond acceptors (Lipinski definition) is 7. The highest BCUT2D eigenvalue weighted by molar-refractivity contribution is 5.81. The number of aromatic nitrogens is 2. The van der Waals surface area contributed by atoms with E-state index >= 15 is 0 Å². The van der Waals surface area contributed by atoms with Crippen molar-refractivity contribution in [3.05, 3.63) is 18.5 Å². The van der Waals surface area contributed by atoms with Crippen LogP contribution >= 0.6 is 0 Å². The summed E-state index contributed by atoms with van der Waals surface area (Å²) in [5, 5.41) is 6.12. The third-order valence-electron chi connectivity index (χ3n) is 4.15. The van der Waals surface area contributed by atoms with Crippen molar-refractivity contribution in [1.82, 2.24) is 25.5 Å². The Morgan fingerprint density at radius 2 is 2.09 bits per heavy atom. The molecule has 0 aliphatic carbocycles. The molecule has 1 unspecified atom stereocenters. The number of rotatable bonds is 5. The van der Waals surface area contributed by atoms with E-state index in [1.807, 2.05) is 6.07 Å². The molecule has 0 aromatic carbocycles. The highest BCUT2D eigenvalue weighted by Crippen LogP contribution is 2.09. The molecule has 0 radical (unpaired) electrons. The Kier molecular flexibility index (Phi) is 5.73. The molecule has 2 aliphatic heterocycles. The van der Waals surface area contributed by atoms with Gasteiger partial charge in [0, 0.05) is 64.8 Å². The molecule has 3 rings (SSSR count). The van der Waals surface area contributed by atoms with Crippen LogP contribution in [0.2, 0.25) is 0 Å². The minimum atomic E-state index is -0.351. The fraction of sp³-hybridized carbons (Fsp3) is 0.667. The van der Waals surface area contributed by atoms with E-state index in [1.165, 1.54) is 0 Å². The van der Waals surface area contributed by atoms with E-state index in [0.29, 0.717) is 19.7 Å². The molecule has 1 amide bonds. The highest BCUT2D eigenvalue weighted by Gasteiger charge is 2.22. The minimum absolute atomic E-state index is 0.0199. The largest absolute Gasteiger partial charge is 0.366 e. The molecule has 1 aromatic heterocycles. The maximum Gasteiger partial charge on any atom is 0.250 e. The molecule has 126 valence electrons. The number of ether oxygens (including phenoxy) is 1. The third-order valence-corrected chi connectivity index (χ3v) is 4.15. The van der Waals surface area contributed by atoms with Crippen molar-refractivity contribution in [3.63, 3.8) is 0 Å². The van der Waals surface area contributed by atoms with Gasteiger partial charge in [-0.05, 0) is 6.07 Å². The normalized spacial score (nSPS) is 22.8. The summed E-state index contributed by atoms with van der Waals surface area (Å²) in [4.78, 5) is 25.1. The summed E-state index contributed by atoms with van der Waals surface area (Å²) < 4.78 is 5.44. The van der Waals surface area contributed by atoms with E-state index in [9.17, 15) is 4.79 Å². The molecule has 23 heavy (non-hydrogen) atoms. The first kappa shape index (κ1) is 16.1. The molecule has 0 spiro atoms. The molecule has 2 N–H and O–H groups in total. The van der Waals surface area contributed by atoms with E-state index in [0.717, 1.165) is 45.2 Å². The lowest BCUT2D eigenvalue weighted by Crippen LogP contribution is -2.51. The van der Waals surface area contributed by atoms with E-state index < -0.39 is 0 Å². The quantitative estimate of drug-likeness (QED) is 0.698. The van der Waals surface area contributed by atoms with Crippen molar-refractivity contribution in [2.24, 2.45) is 0 Å². The highest BCUT2D eigenvalue weighted by atomic mass is 16.5. The second-order valence-electron chi connectivity index (χ2n) is 5.73. The topological polar surface area (TPSA) is 82.6 Å². The Hall–Kier alpha value is -1.77. The number of carbonyl (C=O) groups is 1. The zero-order valence-electron chi connectivity index (χ0n) is 13.3. The molecule has 3 heterocycles. The number of carbonyl (C=O) groups excluding carboxylic acids is 1. The van der Waals surface area contributed by atoms with Crippen molar-refractivity contribution in [1.29, 1.82) is 0 Å². The summed E-state index contributed by atoms with van der Waals surface area (Å²) in [6.45, 7) is 7.25. The summed E-state index contributed by atoms with van der Waals surface area (Å²) >= 11 is 0. The van der Waals surface area contributed by atoms with Gasteiger partial charge in [0.1, 0.15) is 6.10 Å². The molecular weight excluding hydrogens is 296 g/mol. The molecule has 0 saturated carbocycles. The van der Waals surface area contributed by atoms with Gasteiger partial charge in [-0.25, -0.2) is 9.97 Å².